The van der Waals surface area contributed by atoms with Gasteiger partial charge in [-0.05, 0) is 28.3 Å². The number of hydrogen-bond acceptors (Lipinski definition) is 5. The molecule has 3 aromatic carbocycles. The van der Waals surface area contributed by atoms with Crippen LogP contribution in [-0.2, 0) is 4.74 Å². The van der Waals surface area contributed by atoms with E-state index in [2.05, 4.69) is 5.32 Å². The second kappa shape index (κ2) is 9.38. The number of ether oxygens (including phenoxy) is 1. The summed E-state index contributed by atoms with van der Waals surface area (Å²) in [6.07, 6.45) is -3.50. The summed E-state index contributed by atoms with van der Waals surface area (Å²) >= 11 is 11.9. The third kappa shape index (κ3) is 4.40. The average Bonchev–Trinajstić information content (AvgIpc) is 3.11. The zero-order valence-corrected chi connectivity index (χ0v) is 18.3. The van der Waals surface area contributed by atoms with Gasteiger partial charge in [-0.15, -0.1) is 0 Å². The number of amides is 1. The Kier molecular flexibility index (Phi) is 6.58. The number of phenolic OH excluding ortho intramolecular Hbond substituents is 1. The number of carbonyl (C=O) groups is 1. The van der Waals surface area contributed by atoms with Crippen molar-refractivity contribution in [1.29, 1.82) is 0 Å². The number of rotatable bonds is 6. The number of phenols is 1. The number of aromatic hydroxyl groups is 1. The number of alkyl carbamates (subject to hydrolysis) is 1. The molecule has 3 aromatic rings. The van der Waals surface area contributed by atoms with Crippen LogP contribution in [0.1, 0.15) is 28.7 Å². The smallest absolute Gasteiger partial charge is 0.407 e. The van der Waals surface area contributed by atoms with Gasteiger partial charge in [0.25, 0.3) is 0 Å². The Morgan fingerprint density at radius 2 is 1.56 bits per heavy atom. The first-order valence-electron chi connectivity index (χ1n) is 9.99. The van der Waals surface area contributed by atoms with E-state index >= 15 is 0 Å². The highest BCUT2D eigenvalue weighted by Crippen LogP contribution is 2.44. The van der Waals surface area contributed by atoms with E-state index in [1.807, 2.05) is 48.5 Å². The molecular formula is C24H21Cl2NO5. The van der Waals surface area contributed by atoms with Crippen molar-refractivity contribution in [3.8, 4) is 16.9 Å². The number of nitrogens with one attached hydrogen (secondary N) is 1. The minimum atomic E-state index is -1.42. The van der Waals surface area contributed by atoms with Gasteiger partial charge in [-0.1, -0.05) is 71.7 Å². The molecule has 8 heteroatoms. The van der Waals surface area contributed by atoms with Gasteiger partial charge in [0.15, 0.2) is 0 Å². The molecule has 32 heavy (non-hydrogen) atoms. The van der Waals surface area contributed by atoms with Gasteiger partial charge < -0.3 is 25.4 Å². The molecule has 1 aliphatic rings. The average molecular weight is 474 g/mol. The second-order valence-corrected chi connectivity index (χ2v) is 8.36. The van der Waals surface area contributed by atoms with Crippen molar-refractivity contribution >= 4 is 29.3 Å². The Balaban J connectivity index is 1.35. The lowest BCUT2D eigenvalue weighted by Crippen LogP contribution is -2.36. The minimum Gasteiger partial charge on any atom is -0.506 e. The topological polar surface area (TPSA) is 99.0 Å². The van der Waals surface area contributed by atoms with Crippen LogP contribution in [0.25, 0.3) is 11.1 Å². The third-order valence-electron chi connectivity index (χ3n) is 5.55. The monoisotopic (exact) mass is 473 g/mol. The molecule has 0 saturated heterocycles. The summed E-state index contributed by atoms with van der Waals surface area (Å²) in [4.78, 5) is 12.2. The second-order valence-electron chi connectivity index (χ2n) is 7.54. The maximum atomic E-state index is 12.2. The van der Waals surface area contributed by atoms with E-state index in [-0.39, 0.29) is 40.4 Å². The van der Waals surface area contributed by atoms with E-state index in [9.17, 15) is 20.1 Å². The highest BCUT2D eigenvalue weighted by atomic mass is 35.5. The summed E-state index contributed by atoms with van der Waals surface area (Å²) in [7, 11) is 0. The molecule has 6 nitrogen and oxygen atoms in total. The van der Waals surface area contributed by atoms with Gasteiger partial charge in [-0.2, -0.15) is 0 Å². The number of halogens is 2. The van der Waals surface area contributed by atoms with Crippen molar-refractivity contribution < 1.29 is 24.9 Å². The molecule has 0 saturated carbocycles. The van der Waals surface area contributed by atoms with Gasteiger partial charge in [0, 0.05) is 24.1 Å². The van der Waals surface area contributed by atoms with E-state index in [1.165, 1.54) is 12.1 Å². The first kappa shape index (κ1) is 22.4. The molecule has 0 spiro atoms. The van der Waals surface area contributed by atoms with Crippen molar-refractivity contribution in [2.75, 3.05) is 13.2 Å². The highest BCUT2D eigenvalue weighted by Gasteiger charge is 2.29. The Morgan fingerprint density at radius 3 is 2.19 bits per heavy atom. The molecule has 2 atom stereocenters. The van der Waals surface area contributed by atoms with Crippen LogP contribution in [0.15, 0.2) is 60.7 Å². The fourth-order valence-corrected chi connectivity index (χ4v) is 4.38. The summed E-state index contributed by atoms with van der Waals surface area (Å²) in [5, 5.41) is 32.7. The summed E-state index contributed by atoms with van der Waals surface area (Å²) in [6.45, 7) is -0.134. The summed E-state index contributed by atoms with van der Waals surface area (Å²) in [5.41, 5.74) is 4.57. The van der Waals surface area contributed by atoms with Gasteiger partial charge in [-0.25, -0.2) is 4.79 Å². The lowest BCUT2D eigenvalue weighted by molar-refractivity contribution is 0.0186. The number of hydrogen-bond donors (Lipinski definition) is 4. The van der Waals surface area contributed by atoms with Crippen LogP contribution in [0.2, 0.25) is 10.0 Å². The van der Waals surface area contributed by atoms with Crippen molar-refractivity contribution in [3.63, 3.8) is 0 Å². The molecule has 4 rings (SSSR count). The Morgan fingerprint density at radius 1 is 0.969 bits per heavy atom. The highest BCUT2D eigenvalue weighted by molar-refractivity contribution is 6.34. The number of fused-ring (bicyclic) bond motifs is 3. The molecule has 0 aliphatic heterocycles. The van der Waals surface area contributed by atoms with E-state index in [1.54, 1.807) is 0 Å². The zero-order valence-electron chi connectivity index (χ0n) is 16.8. The Bertz CT molecular complexity index is 1110. The molecule has 0 fully saturated rings. The standard InChI is InChI=1S/C24H21Cl2NO5/c25-19-10-21(28)20(26)9-17(19)23(30)22(29)11-27-24(31)32-12-18-15-7-3-1-5-13(15)14-6-2-4-8-16(14)18/h1-10,18,22-23,28-30H,11-12H2,(H,27,31). The maximum Gasteiger partial charge on any atom is 0.407 e. The molecule has 1 amide bonds. The van der Waals surface area contributed by atoms with E-state index < -0.39 is 18.3 Å². The van der Waals surface area contributed by atoms with Crippen molar-refractivity contribution in [1.82, 2.24) is 5.32 Å². The quantitative estimate of drug-likeness (QED) is 0.418. The summed E-state index contributed by atoms with van der Waals surface area (Å²) < 4.78 is 5.41. The van der Waals surface area contributed by atoms with Gasteiger partial charge in [0.2, 0.25) is 0 Å². The number of aliphatic hydroxyl groups excluding tert-OH is 2. The fraction of sp³-hybridized carbons (Fsp3) is 0.208. The van der Waals surface area contributed by atoms with Crippen LogP contribution in [-0.4, -0.2) is 40.7 Å². The van der Waals surface area contributed by atoms with E-state index in [4.69, 9.17) is 27.9 Å². The Labute approximate surface area is 195 Å². The van der Waals surface area contributed by atoms with Gasteiger partial charge in [0.05, 0.1) is 10.0 Å². The van der Waals surface area contributed by atoms with Gasteiger partial charge in [0.1, 0.15) is 24.6 Å². The predicted molar refractivity (Wildman–Crippen MR) is 122 cm³/mol. The fourth-order valence-electron chi connectivity index (χ4n) is 3.93. The Hall–Kier alpha value is -2.77. The number of aliphatic hydroxyl groups is 2. The summed E-state index contributed by atoms with van der Waals surface area (Å²) in [6, 6.07) is 18.4. The normalized spacial score (nSPS) is 14.4. The van der Waals surface area contributed by atoms with Crippen LogP contribution in [0, 0.1) is 0 Å². The molecule has 2 unspecified atom stereocenters. The summed E-state index contributed by atoms with van der Waals surface area (Å²) in [5.74, 6) is -0.319. The molecule has 0 heterocycles. The van der Waals surface area contributed by atoms with E-state index in [0.29, 0.717) is 0 Å². The first-order chi connectivity index (χ1) is 15.4. The molecule has 1 aliphatic carbocycles. The minimum absolute atomic E-state index is 0.0138. The van der Waals surface area contributed by atoms with Crippen LogP contribution in [0.4, 0.5) is 4.79 Å². The molecular weight excluding hydrogens is 453 g/mol. The largest absolute Gasteiger partial charge is 0.506 e. The number of carbonyl (C=O) groups excluding carboxylic acids is 1. The lowest BCUT2D eigenvalue weighted by atomic mass is 9.98. The molecule has 4 N–H and O–H groups in total. The van der Waals surface area contributed by atoms with Crippen molar-refractivity contribution in [3.05, 3.63) is 87.4 Å². The third-order valence-corrected chi connectivity index (χ3v) is 6.18. The lowest BCUT2D eigenvalue weighted by Gasteiger charge is -2.20. The molecule has 166 valence electrons. The molecule has 0 aromatic heterocycles. The number of benzene rings is 3. The van der Waals surface area contributed by atoms with Crippen molar-refractivity contribution in [2.45, 2.75) is 18.1 Å². The van der Waals surface area contributed by atoms with Crippen molar-refractivity contribution in [2.24, 2.45) is 0 Å². The first-order valence-corrected chi connectivity index (χ1v) is 10.7. The van der Waals surface area contributed by atoms with Gasteiger partial charge in [-0.3, -0.25) is 0 Å². The van der Waals surface area contributed by atoms with Crippen LogP contribution in [0.3, 0.4) is 0 Å². The maximum absolute atomic E-state index is 12.2. The molecule has 0 radical (unpaired) electrons. The molecule has 0 bridgehead atoms. The zero-order chi connectivity index (χ0) is 22.8. The van der Waals surface area contributed by atoms with Crippen LogP contribution < -0.4 is 5.32 Å². The SMILES string of the molecule is O=C(NCC(O)C(O)c1cc(Cl)c(O)cc1Cl)OCC1c2ccccc2-c2ccccc21. The van der Waals surface area contributed by atoms with Crippen LogP contribution >= 0.6 is 23.2 Å². The van der Waals surface area contributed by atoms with Gasteiger partial charge >= 0.3 is 6.09 Å². The van der Waals surface area contributed by atoms with Crippen LogP contribution in [0.5, 0.6) is 5.75 Å². The van der Waals surface area contributed by atoms with E-state index in [0.717, 1.165) is 22.3 Å². The predicted octanol–water partition coefficient (Wildman–Crippen LogP) is 4.63.